The van der Waals surface area contributed by atoms with Gasteiger partial charge in [-0.1, -0.05) is 0 Å². The molecule has 2 unspecified atom stereocenters. The first kappa shape index (κ1) is 20.5. The van der Waals surface area contributed by atoms with E-state index in [1.165, 1.54) is 6.26 Å². The third-order valence-electron chi connectivity index (χ3n) is 4.79. The highest BCUT2D eigenvalue weighted by molar-refractivity contribution is 5.73. The SMILES string of the molecule is COCCCc1cc(N2CC(N)CC(C(F)(F)F)C2)c(Nc2ccco2)cn1. The van der Waals surface area contributed by atoms with Gasteiger partial charge in [-0.05, 0) is 31.4 Å². The number of halogens is 3. The fourth-order valence-electron chi connectivity index (χ4n) is 3.43. The highest BCUT2D eigenvalue weighted by Crippen LogP contribution is 2.37. The van der Waals surface area contributed by atoms with E-state index in [4.69, 9.17) is 14.9 Å². The molecule has 0 aromatic carbocycles. The number of aromatic nitrogens is 1. The fourth-order valence-corrected chi connectivity index (χ4v) is 3.43. The maximum atomic E-state index is 13.4. The summed E-state index contributed by atoms with van der Waals surface area (Å²) in [6.45, 7) is 0.806. The van der Waals surface area contributed by atoms with Crippen LogP contribution in [0.1, 0.15) is 18.5 Å². The zero-order chi connectivity index (χ0) is 20.1. The van der Waals surface area contributed by atoms with Gasteiger partial charge in [0.1, 0.15) is 0 Å². The number of alkyl halides is 3. The molecule has 0 radical (unpaired) electrons. The number of piperidine rings is 1. The van der Waals surface area contributed by atoms with Crippen molar-refractivity contribution in [3.05, 3.63) is 36.4 Å². The molecule has 3 heterocycles. The molecular formula is C19H25F3N4O2. The van der Waals surface area contributed by atoms with Crippen molar-refractivity contribution in [3.8, 4) is 0 Å². The minimum absolute atomic E-state index is 0.0628. The van der Waals surface area contributed by atoms with E-state index in [9.17, 15) is 13.2 Å². The molecule has 9 heteroatoms. The number of anilines is 3. The minimum atomic E-state index is -4.28. The summed E-state index contributed by atoms with van der Waals surface area (Å²) in [6.07, 6.45) is 0.253. The lowest BCUT2D eigenvalue weighted by atomic mass is 9.93. The van der Waals surface area contributed by atoms with E-state index in [1.54, 1.807) is 30.3 Å². The fraction of sp³-hybridized carbons (Fsp3) is 0.526. The van der Waals surface area contributed by atoms with Crippen LogP contribution in [0.4, 0.5) is 30.4 Å². The Labute approximate surface area is 161 Å². The van der Waals surface area contributed by atoms with Crippen LogP contribution in [0.15, 0.2) is 35.1 Å². The first-order valence-corrected chi connectivity index (χ1v) is 9.22. The third kappa shape index (κ3) is 5.17. The summed E-state index contributed by atoms with van der Waals surface area (Å²) in [4.78, 5) is 6.13. The number of aryl methyl sites for hydroxylation is 1. The van der Waals surface area contributed by atoms with Crippen LogP contribution in [-0.4, -0.2) is 44.0 Å². The van der Waals surface area contributed by atoms with Gasteiger partial charge in [0.2, 0.25) is 0 Å². The van der Waals surface area contributed by atoms with Crippen molar-refractivity contribution in [2.24, 2.45) is 11.7 Å². The standard InChI is InChI=1S/C19H25F3N4O2/c1-27-6-2-4-15-9-17(16(10-24-15)25-18-5-3-7-28-18)26-11-13(19(20,21)22)8-14(23)12-26/h3,5,7,9-10,13-14,25H,2,4,6,8,11-12,23H2,1H3. The molecule has 1 aliphatic heterocycles. The van der Waals surface area contributed by atoms with Crippen molar-refractivity contribution >= 4 is 17.3 Å². The second kappa shape index (κ2) is 8.83. The number of furan rings is 1. The van der Waals surface area contributed by atoms with Gasteiger partial charge in [0.05, 0.1) is 29.8 Å². The van der Waals surface area contributed by atoms with Crippen LogP contribution in [0, 0.1) is 5.92 Å². The molecule has 0 amide bonds. The molecule has 3 rings (SSSR count). The molecule has 28 heavy (non-hydrogen) atoms. The predicted molar refractivity (Wildman–Crippen MR) is 101 cm³/mol. The van der Waals surface area contributed by atoms with E-state index >= 15 is 0 Å². The summed E-state index contributed by atoms with van der Waals surface area (Å²) in [7, 11) is 1.63. The minimum Gasteiger partial charge on any atom is -0.449 e. The predicted octanol–water partition coefficient (Wildman–Crippen LogP) is 3.71. The lowest BCUT2D eigenvalue weighted by molar-refractivity contribution is -0.177. The average molecular weight is 398 g/mol. The Morgan fingerprint density at radius 3 is 2.89 bits per heavy atom. The monoisotopic (exact) mass is 398 g/mol. The molecule has 0 aliphatic carbocycles. The molecule has 1 saturated heterocycles. The van der Waals surface area contributed by atoms with Crippen LogP contribution in [0.25, 0.3) is 0 Å². The van der Waals surface area contributed by atoms with Crippen molar-refractivity contribution in [2.75, 3.05) is 37.0 Å². The number of pyridine rings is 1. The van der Waals surface area contributed by atoms with Gasteiger partial charge >= 0.3 is 6.18 Å². The van der Waals surface area contributed by atoms with E-state index < -0.39 is 18.1 Å². The Balaban J connectivity index is 1.89. The van der Waals surface area contributed by atoms with Crippen LogP contribution in [0.2, 0.25) is 0 Å². The number of methoxy groups -OCH3 is 1. The smallest absolute Gasteiger partial charge is 0.393 e. The second-order valence-corrected chi connectivity index (χ2v) is 7.03. The molecule has 2 atom stereocenters. The van der Waals surface area contributed by atoms with E-state index in [1.807, 2.05) is 6.07 Å². The summed E-state index contributed by atoms with van der Waals surface area (Å²) in [6, 6.07) is 4.73. The molecule has 2 aromatic rings. The largest absolute Gasteiger partial charge is 0.449 e. The zero-order valence-electron chi connectivity index (χ0n) is 15.7. The molecule has 2 aromatic heterocycles. The first-order valence-electron chi connectivity index (χ1n) is 9.22. The molecule has 154 valence electrons. The van der Waals surface area contributed by atoms with Gasteiger partial charge in [0, 0.05) is 44.6 Å². The Morgan fingerprint density at radius 1 is 1.39 bits per heavy atom. The number of hydrogen-bond donors (Lipinski definition) is 2. The molecule has 0 spiro atoms. The van der Waals surface area contributed by atoms with E-state index in [0.717, 1.165) is 12.1 Å². The normalized spacial score (nSPS) is 20.4. The Morgan fingerprint density at radius 2 is 2.21 bits per heavy atom. The van der Waals surface area contributed by atoms with Crippen molar-refractivity contribution in [1.82, 2.24) is 4.98 Å². The van der Waals surface area contributed by atoms with Crippen LogP contribution in [0.3, 0.4) is 0 Å². The molecule has 1 aliphatic rings. The van der Waals surface area contributed by atoms with Gasteiger partial charge in [-0.25, -0.2) is 0 Å². The molecule has 3 N–H and O–H groups in total. The number of hydrogen-bond acceptors (Lipinski definition) is 6. The average Bonchev–Trinajstić information content (AvgIpc) is 3.15. The molecule has 6 nitrogen and oxygen atoms in total. The van der Waals surface area contributed by atoms with Crippen LogP contribution >= 0.6 is 0 Å². The number of nitrogens with two attached hydrogens (primary N) is 1. The van der Waals surface area contributed by atoms with E-state index in [-0.39, 0.29) is 13.0 Å². The molecule has 0 saturated carbocycles. The quantitative estimate of drug-likeness (QED) is 0.693. The first-order chi connectivity index (χ1) is 13.4. The number of ether oxygens (including phenoxy) is 1. The third-order valence-corrected chi connectivity index (χ3v) is 4.79. The molecule has 1 fully saturated rings. The lowest BCUT2D eigenvalue weighted by Gasteiger charge is -2.39. The van der Waals surface area contributed by atoms with Gasteiger partial charge in [-0.2, -0.15) is 13.2 Å². The lowest BCUT2D eigenvalue weighted by Crippen LogP contribution is -2.51. The van der Waals surface area contributed by atoms with Crippen LogP contribution in [-0.2, 0) is 11.2 Å². The van der Waals surface area contributed by atoms with Crippen LogP contribution < -0.4 is 16.0 Å². The number of nitrogens with one attached hydrogen (secondary N) is 1. The van der Waals surface area contributed by atoms with Gasteiger partial charge in [0.15, 0.2) is 5.88 Å². The van der Waals surface area contributed by atoms with Gasteiger partial charge in [0.25, 0.3) is 0 Å². The Kier molecular flexibility index (Phi) is 6.46. The highest BCUT2D eigenvalue weighted by Gasteiger charge is 2.44. The maximum absolute atomic E-state index is 13.4. The summed E-state index contributed by atoms with van der Waals surface area (Å²) in [5.41, 5.74) is 7.98. The number of rotatable bonds is 7. The molecule has 0 bridgehead atoms. The summed E-state index contributed by atoms with van der Waals surface area (Å²) < 4.78 is 50.4. The van der Waals surface area contributed by atoms with Gasteiger partial charge < -0.3 is 25.1 Å². The Hall–Kier alpha value is -2.26. The van der Waals surface area contributed by atoms with Crippen molar-refractivity contribution < 1.29 is 22.3 Å². The van der Waals surface area contributed by atoms with E-state index in [0.29, 0.717) is 36.8 Å². The topological polar surface area (TPSA) is 76.6 Å². The highest BCUT2D eigenvalue weighted by atomic mass is 19.4. The van der Waals surface area contributed by atoms with Gasteiger partial charge in [-0.15, -0.1) is 0 Å². The van der Waals surface area contributed by atoms with Crippen LogP contribution in [0.5, 0.6) is 0 Å². The second-order valence-electron chi connectivity index (χ2n) is 7.03. The Bertz CT molecular complexity index is 752. The van der Waals surface area contributed by atoms with Crippen molar-refractivity contribution in [3.63, 3.8) is 0 Å². The summed E-state index contributed by atoms with van der Waals surface area (Å²) >= 11 is 0. The summed E-state index contributed by atoms with van der Waals surface area (Å²) in [5, 5.41) is 3.10. The molecular weight excluding hydrogens is 373 g/mol. The zero-order valence-corrected chi connectivity index (χ0v) is 15.7. The van der Waals surface area contributed by atoms with E-state index in [2.05, 4.69) is 10.3 Å². The van der Waals surface area contributed by atoms with Crippen molar-refractivity contribution in [2.45, 2.75) is 31.5 Å². The maximum Gasteiger partial charge on any atom is 0.393 e. The number of nitrogens with zero attached hydrogens (tertiary/aromatic N) is 2. The van der Waals surface area contributed by atoms with Crippen molar-refractivity contribution in [1.29, 1.82) is 0 Å². The summed E-state index contributed by atoms with van der Waals surface area (Å²) in [5.74, 6) is -0.971. The van der Waals surface area contributed by atoms with Gasteiger partial charge in [-0.3, -0.25) is 4.98 Å².